The van der Waals surface area contributed by atoms with Crippen molar-refractivity contribution in [3.63, 3.8) is 0 Å². The minimum absolute atomic E-state index is 0.00370. The summed E-state index contributed by atoms with van der Waals surface area (Å²) >= 11 is 13.0. The maximum atomic E-state index is 12.5. The van der Waals surface area contributed by atoms with Gasteiger partial charge >= 0.3 is 0 Å². The Morgan fingerprint density at radius 1 is 0.505 bits per heavy atom. The molecule has 0 spiro atoms. The maximum Gasteiger partial charge on any atom is 0.228 e. The van der Waals surface area contributed by atoms with Gasteiger partial charge in [-0.3, -0.25) is 48.1 Å². The normalized spacial score (nSPS) is 13.5. The van der Waals surface area contributed by atoms with Crippen molar-refractivity contribution in [1.29, 1.82) is 0 Å². The zero-order chi connectivity index (χ0) is 70.7. The van der Waals surface area contributed by atoms with Gasteiger partial charge in [-0.2, -0.15) is 0 Å². The van der Waals surface area contributed by atoms with E-state index in [-0.39, 0.29) is 100 Å². The molecule has 1 aromatic heterocycles. The zero-order valence-corrected chi connectivity index (χ0v) is 58.0. The summed E-state index contributed by atoms with van der Waals surface area (Å²) in [7, 11) is 0. The summed E-state index contributed by atoms with van der Waals surface area (Å²) in [4.78, 5) is 107. The Labute approximate surface area is 562 Å². The molecule has 2 heterocycles. The molecule has 1 aliphatic heterocycles. The molecule has 15 nitrogen and oxygen atoms in total. The number of hydrogen-bond acceptors (Lipinski definition) is 15. The van der Waals surface area contributed by atoms with Crippen molar-refractivity contribution >= 4 is 87.1 Å². The number of pyridine rings is 1. The highest BCUT2D eigenvalue weighted by molar-refractivity contribution is 8.00. The smallest absolute Gasteiger partial charge is 0.228 e. The van der Waals surface area contributed by atoms with Gasteiger partial charge in [-0.1, -0.05) is 217 Å². The second-order valence-corrected chi connectivity index (χ2v) is 25.7. The first-order valence-electron chi connectivity index (χ1n) is 30.8. The molecule has 6 aromatic rings. The molecule has 19 heteroatoms. The zero-order valence-electron chi connectivity index (χ0n) is 55.7. The van der Waals surface area contributed by atoms with Crippen molar-refractivity contribution < 1.29 is 68.0 Å². The number of thioether (sulfide) groups is 1. The molecule has 1 fully saturated rings. The number of carbonyl (C=O) groups is 9. The van der Waals surface area contributed by atoms with Crippen LogP contribution in [0.1, 0.15) is 173 Å². The molecule has 5 aromatic carbocycles. The molecule has 93 heavy (non-hydrogen) atoms. The van der Waals surface area contributed by atoms with Crippen molar-refractivity contribution in [3.8, 4) is 0 Å². The summed E-state index contributed by atoms with van der Waals surface area (Å²) in [6.45, 7) is 25.2. The van der Waals surface area contributed by atoms with E-state index in [4.69, 9.17) is 23.2 Å². The van der Waals surface area contributed by atoms with Crippen LogP contribution in [0, 0.1) is 47.2 Å². The van der Waals surface area contributed by atoms with Crippen molar-refractivity contribution in [1.82, 2.24) is 10.3 Å². The van der Waals surface area contributed by atoms with Crippen molar-refractivity contribution in [3.05, 3.63) is 202 Å². The van der Waals surface area contributed by atoms with E-state index in [9.17, 15) is 68.0 Å². The average molecular weight is 1340 g/mol. The van der Waals surface area contributed by atoms with Gasteiger partial charge < -0.3 is 25.7 Å². The molecule has 1 amide bonds. The highest BCUT2D eigenvalue weighted by atomic mass is 35.5. The summed E-state index contributed by atoms with van der Waals surface area (Å²) in [5.41, 5.74) is 2.82. The fourth-order valence-electron chi connectivity index (χ4n) is 7.64. The van der Waals surface area contributed by atoms with Crippen LogP contribution in [0.5, 0.6) is 0 Å². The number of carbonyl (C=O) groups excluding carboxylic acids is 9. The Morgan fingerprint density at radius 3 is 1.34 bits per heavy atom. The fourth-order valence-corrected chi connectivity index (χ4v) is 8.98. The number of hydrogen-bond donors (Lipinski definition) is 5. The number of Topliss-reactive ketones (excluding diaryl/α,β-unsaturated/α-hetero) is 8. The lowest BCUT2D eigenvalue weighted by molar-refractivity contribution is -0.131. The predicted octanol–water partition coefficient (Wildman–Crippen LogP) is 14.6. The van der Waals surface area contributed by atoms with Gasteiger partial charge in [0.2, 0.25) is 17.5 Å². The first-order valence-corrected chi connectivity index (χ1v) is 32.5. The van der Waals surface area contributed by atoms with Crippen LogP contribution in [0.4, 0.5) is 4.39 Å². The van der Waals surface area contributed by atoms with E-state index in [2.05, 4.69) is 10.3 Å². The van der Waals surface area contributed by atoms with Gasteiger partial charge in [-0.25, -0.2) is 4.39 Å². The quantitative estimate of drug-likeness (QED) is 0.0240. The van der Waals surface area contributed by atoms with Gasteiger partial charge in [0.15, 0.2) is 23.1 Å². The predicted molar refractivity (Wildman–Crippen MR) is 366 cm³/mol. The van der Waals surface area contributed by atoms with Crippen LogP contribution in [0.25, 0.3) is 0 Å². The molecule has 5 N–H and O–H groups in total. The van der Waals surface area contributed by atoms with E-state index in [0.29, 0.717) is 56.7 Å². The van der Waals surface area contributed by atoms with Crippen LogP contribution < -0.4 is 5.32 Å². The van der Waals surface area contributed by atoms with Crippen molar-refractivity contribution in [2.45, 2.75) is 152 Å². The number of halogens is 3. The monoisotopic (exact) mass is 1340 g/mol. The Balaban J connectivity index is 0.000000543. The van der Waals surface area contributed by atoms with E-state index in [0.717, 1.165) is 10.5 Å². The van der Waals surface area contributed by atoms with E-state index in [1.54, 1.807) is 134 Å². The number of rotatable bonds is 22. The minimum atomic E-state index is -1.14. The van der Waals surface area contributed by atoms with E-state index in [1.807, 2.05) is 102 Å². The number of nitrogens with one attached hydrogen (secondary N) is 1. The fraction of sp³-hybridized carbons (Fsp3) is 0.405. The molecular weight excluding hydrogens is 1250 g/mol. The summed E-state index contributed by atoms with van der Waals surface area (Å²) in [6, 6.07) is 40.3. The molecule has 0 saturated carbocycles. The van der Waals surface area contributed by atoms with Gasteiger partial charge in [0.05, 0.1) is 17.9 Å². The third-order valence-electron chi connectivity index (χ3n) is 13.6. The average Bonchev–Trinajstić information content (AvgIpc) is 2.25. The lowest BCUT2D eigenvalue weighted by atomic mass is 9.98. The Hall–Kier alpha value is -7.22. The SMILES string of the molecule is CC(C)C(=O)C(=O)c1cccc(Cl)c1.CC(C)C(=O)C(O)c1ccc(F)cc1.CC(C)C(=O)C(O)c1cccc(Cl)c1.CC(C)C(=O)C(O)c1ccccc1.CC(C)C(=O)CC(O)c1ccccc1.CC(C)C(=O)CSc1ccncc1.CC(C)C(=O)[C@@H]1CCC(=O)N1. The number of aromatic nitrogens is 1. The maximum absolute atomic E-state index is 12.5. The number of aliphatic hydroxyl groups is 4. The number of benzene rings is 5. The minimum Gasteiger partial charge on any atom is -0.388 e. The van der Waals surface area contributed by atoms with E-state index in [1.165, 1.54) is 30.3 Å². The second-order valence-electron chi connectivity index (χ2n) is 23.8. The van der Waals surface area contributed by atoms with E-state index >= 15 is 0 Å². The number of aliphatic hydroxyl groups excluding tert-OH is 4. The summed E-state index contributed by atoms with van der Waals surface area (Å²) < 4.78 is 12.5. The first kappa shape index (κ1) is 83.8. The highest BCUT2D eigenvalue weighted by Gasteiger charge is 2.28. The molecule has 7 rings (SSSR count). The van der Waals surface area contributed by atoms with Crippen molar-refractivity contribution in [2.75, 3.05) is 5.75 Å². The largest absolute Gasteiger partial charge is 0.388 e. The first-order chi connectivity index (χ1) is 43.6. The molecular formula is C74H93Cl2FN2O13S. The third kappa shape index (κ3) is 33.0. The van der Waals surface area contributed by atoms with E-state index < -0.39 is 30.2 Å². The van der Waals surface area contributed by atoms with Gasteiger partial charge in [-0.05, 0) is 77.2 Å². The second kappa shape index (κ2) is 44.4. The van der Waals surface area contributed by atoms with Crippen LogP contribution >= 0.6 is 35.0 Å². The third-order valence-corrected chi connectivity index (χ3v) is 15.1. The summed E-state index contributed by atoms with van der Waals surface area (Å²) in [5.74, 6) is -1.36. The molecule has 4 unspecified atom stereocenters. The lowest BCUT2D eigenvalue weighted by Gasteiger charge is -2.12. The van der Waals surface area contributed by atoms with Gasteiger partial charge in [-0.15, -0.1) is 11.8 Å². The molecule has 1 saturated heterocycles. The van der Waals surface area contributed by atoms with Gasteiger partial charge in [0.1, 0.15) is 35.7 Å². The number of ketones is 8. The van der Waals surface area contributed by atoms with Crippen LogP contribution in [-0.2, 0) is 38.4 Å². The number of amides is 1. The van der Waals surface area contributed by atoms with Crippen LogP contribution in [0.3, 0.4) is 0 Å². The standard InChI is InChI=1S/C12H16O2.C11H13ClO2.C11H11ClO2.C11H13FO2.C11H14O2.C10H13NOS.C8H13NO2/c1-9(2)11(13)8-12(14)10-6-4-3-5-7-10;2*1-7(2)10(13)11(14)8-4-3-5-9(12)6-8;1-7(2)10(13)11(14)8-3-5-9(12)6-4-8;1-8(2)10(12)11(13)9-6-4-3-5-7-9;1-8(2)10(12)7-13-9-3-5-11-6-4-9;1-5(2)8(11)6-3-4-7(10)9-6/h3-7,9,12,14H,8H2,1-2H3;3-7,11,14H,1-2H3;3-7H,1-2H3;3-7,11,14H,1-2H3;3-8,11,13H,1-2H3;3-6,8H,7H2,1-2H3;5-6H,3-4H2,1-2H3,(H,9,10)/t;;;;;;6-/m......0/s1. The van der Waals surface area contributed by atoms with Crippen LogP contribution in [-0.4, -0.2) is 89.4 Å². The molecule has 0 bridgehead atoms. The lowest BCUT2D eigenvalue weighted by Crippen LogP contribution is -2.35. The highest BCUT2D eigenvalue weighted by Crippen LogP contribution is 2.23. The topological polar surface area (TPSA) is 259 Å². The summed E-state index contributed by atoms with van der Waals surface area (Å²) in [5, 5.41) is 42.2. The van der Waals surface area contributed by atoms with Crippen LogP contribution in [0.2, 0.25) is 10.0 Å². The molecule has 0 radical (unpaired) electrons. The summed E-state index contributed by atoms with van der Waals surface area (Å²) in [6.07, 6.45) is 1.03. The van der Waals surface area contributed by atoms with Crippen molar-refractivity contribution in [2.24, 2.45) is 41.4 Å². The molecule has 5 atom stereocenters. The van der Waals surface area contributed by atoms with Gasteiger partial charge in [0, 0.05) is 87.2 Å². The molecule has 0 aliphatic carbocycles. The Kier molecular flexibility index (Phi) is 40.0. The Bertz CT molecular complexity index is 3270. The Morgan fingerprint density at radius 2 is 0.935 bits per heavy atom. The number of nitrogens with zero attached hydrogens (tertiary/aromatic N) is 1. The molecule has 504 valence electrons. The van der Waals surface area contributed by atoms with Crippen LogP contribution in [0.15, 0.2) is 163 Å². The van der Waals surface area contributed by atoms with Gasteiger partial charge in [0.25, 0.3) is 0 Å². The molecule has 1 aliphatic rings.